The molecular formula is C16H20ClN3. The molecule has 0 saturated carbocycles. The lowest BCUT2D eigenvalue weighted by Gasteiger charge is -2.27. The van der Waals surface area contributed by atoms with Gasteiger partial charge in [-0.05, 0) is 43.3 Å². The van der Waals surface area contributed by atoms with Crippen molar-refractivity contribution in [1.82, 2.24) is 9.88 Å². The number of aryl methyl sites for hydroxylation is 1. The molecule has 1 unspecified atom stereocenters. The standard InChI is InChI=1S/C16H20ClN3/c1-12-6-7-13(9-15(12)17)16(10-18)20(2)11-14-5-3-4-8-19-14/h3-9,16H,10-11,18H2,1-2H3. The number of nitrogens with two attached hydrogens (primary N) is 1. The van der Waals surface area contributed by atoms with Crippen molar-refractivity contribution in [2.24, 2.45) is 5.73 Å². The molecule has 20 heavy (non-hydrogen) atoms. The monoisotopic (exact) mass is 289 g/mol. The van der Waals surface area contributed by atoms with E-state index in [-0.39, 0.29) is 6.04 Å². The predicted molar refractivity (Wildman–Crippen MR) is 83.7 cm³/mol. The Kier molecular flexibility index (Phi) is 5.12. The first kappa shape index (κ1) is 15.0. The minimum atomic E-state index is 0.134. The molecule has 2 rings (SSSR count). The Labute approximate surface area is 125 Å². The minimum Gasteiger partial charge on any atom is -0.329 e. The third-order valence-corrected chi connectivity index (χ3v) is 3.88. The average molecular weight is 290 g/mol. The number of nitrogens with zero attached hydrogens (tertiary/aromatic N) is 2. The highest BCUT2D eigenvalue weighted by Crippen LogP contribution is 2.25. The van der Waals surface area contributed by atoms with Crippen LogP contribution in [0.2, 0.25) is 5.02 Å². The van der Waals surface area contributed by atoms with Gasteiger partial charge in [-0.25, -0.2) is 0 Å². The smallest absolute Gasteiger partial charge is 0.0544 e. The van der Waals surface area contributed by atoms with Crippen LogP contribution in [-0.4, -0.2) is 23.5 Å². The van der Waals surface area contributed by atoms with Gasteiger partial charge in [0.1, 0.15) is 0 Å². The van der Waals surface area contributed by atoms with Crippen molar-refractivity contribution in [3.63, 3.8) is 0 Å². The van der Waals surface area contributed by atoms with Crippen LogP contribution < -0.4 is 5.73 Å². The second kappa shape index (κ2) is 6.84. The summed E-state index contributed by atoms with van der Waals surface area (Å²) >= 11 is 6.21. The number of benzene rings is 1. The van der Waals surface area contributed by atoms with E-state index in [1.807, 2.05) is 43.5 Å². The Morgan fingerprint density at radius 2 is 2.10 bits per heavy atom. The van der Waals surface area contributed by atoms with Gasteiger partial charge in [-0.15, -0.1) is 0 Å². The van der Waals surface area contributed by atoms with Crippen molar-refractivity contribution in [2.75, 3.05) is 13.6 Å². The maximum absolute atomic E-state index is 6.21. The van der Waals surface area contributed by atoms with Crippen molar-refractivity contribution in [1.29, 1.82) is 0 Å². The minimum absolute atomic E-state index is 0.134. The van der Waals surface area contributed by atoms with Crippen LogP contribution >= 0.6 is 11.6 Å². The lowest BCUT2D eigenvalue weighted by Crippen LogP contribution is -2.30. The summed E-state index contributed by atoms with van der Waals surface area (Å²) in [6.45, 7) is 3.30. The van der Waals surface area contributed by atoms with E-state index >= 15 is 0 Å². The molecular weight excluding hydrogens is 270 g/mol. The molecule has 1 atom stereocenters. The molecule has 1 heterocycles. The topological polar surface area (TPSA) is 42.1 Å². The SMILES string of the molecule is Cc1ccc(C(CN)N(C)Cc2ccccn2)cc1Cl. The molecule has 0 aliphatic carbocycles. The van der Waals surface area contributed by atoms with Crippen LogP contribution in [-0.2, 0) is 6.54 Å². The van der Waals surface area contributed by atoms with Gasteiger partial charge in [0.25, 0.3) is 0 Å². The van der Waals surface area contributed by atoms with Gasteiger partial charge >= 0.3 is 0 Å². The van der Waals surface area contributed by atoms with Gasteiger partial charge in [0, 0.05) is 30.4 Å². The molecule has 1 aromatic heterocycles. The van der Waals surface area contributed by atoms with Crippen LogP contribution in [0.4, 0.5) is 0 Å². The highest BCUT2D eigenvalue weighted by atomic mass is 35.5. The first-order valence-electron chi connectivity index (χ1n) is 6.68. The predicted octanol–water partition coefficient (Wildman–Crippen LogP) is 3.18. The number of rotatable bonds is 5. The normalized spacial score (nSPS) is 12.7. The Morgan fingerprint density at radius 1 is 1.30 bits per heavy atom. The molecule has 0 radical (unpaired) electrons. The van der Waals surface area contributed by atoms with E-state index in [2.05, 4.69) is 23.0 Å². The van der Waals surface area contributed by atoms with Crippen molar-refractivity contribution < 1.29 is 0 Å². The lowest BCUT2D eigenvalue weighted by molar-refractivity contribution is 0.239. The first-order chi connectivity index (χ1) is 9.61. The fourth-order valence-electron chi connectivity index (χ4n) is 2.24. The van der Waals surface area contributed by atoms with E-state index in [4.69, 9.17) is 17.3 Å². The zero-order valence-electron chi connectivity index (χ0n) is 11.9. The third kappa shape index (κ3) is 3.57. The molecule has 0 fully saturated rings. The molecule has 2 aromatic rings. The van der Waals surface area contributed by atoms with E-state index in [0.717, 1.165) is 28.4 Å². The fraction of sp³-hybridized carbons (Fsp3) is 0.312. The molecule has 0 spiro atoms. The van der Waals surface area contributed by atoms with Gasteiger partial charge < -0.3 is 5.73 Å². The Hall–Kier alpha value is -1.42. The molecule has 106 valence electrons. The zero-order valence-corrected chi connectivity index (χ0v) is 12.6. The summed E-state index contributed by atoms with van der Waals surface area (Å²) in [6.07, 6.45) is 1.81. The van der Waals surface area contributed by atoms with Gasteiger partial charge in [0.2, 0.25) is 0 Å². The van der Waals surface area contributed by atoms with Crippen LogP contribution in [0.1, 0.15) is 22.9 Å². The van der Waals surface area contributed by atoms with Crippen LogP contribution in [0.25, 0.3) is 0 Å². The van der Waals surface area contributed by atoms with E-state index < -0.39 is 0 Å². The summed E-state index contributed by atoms with van der Waals surface area (Å²) in [6, 6.07) is 12.2. The molecule has 0 aliphatic rings. The van der Waals surface area contributed by atoms with E-state index in [0.29, 0.717) is 6.54 Å². The maximum Gasteiger partial charge on any atom is 0.0544 e. The number of halogens is 1. The highest BCUT2D eigenvalue weighted by Gasteiger charge is 2.16. The van der Waals surface area contributed by atoms with Crippen LogP contribution in [0.3, 0.4) is 0 Å². The summed E-state index contributed by atoms with van der Waals surface area (Å²) in [5, 5.41) is 0.784. The summed E-state index contributed by atoms with van der Waals surface area (Å²) in [5.41, 5.74) is 9.20. The molecule has 0 aliphatic heterocycles. The Morgan fingerprint density at radius 3 is 2.70 bits per heavy atom. The molecule has 3 nitrogen and oxygen atoms in total. The Bertz CT molecular complexity index is 557. The quantitative estimate of drug-likeness (QED) is 0.919. The molecule has 0 saturated heterocycles. The van der Waals surface area contributed by atoms with Crippen LogP contribution in [0, 0.1) is 6.92 Å². The maximum atomic E-state index is 6.21. The average Bonchev–Trinajstić information content (AvgIpc) is 2.44. The number of pyridine rings is 1. The van der Waals surface area contributed by atoms with Crippen LogP contribution in [0.5, 0.6) is 0 Å². The van der Waals surface area contributed by atoms with Gasteiger partial charge in [-0.1, -0.05) is 29.8 Å². The van der Waals surface area contributed by atoms with E-state index in [1.165, 1.54) is 0 Å². The van der Waals surface area contributed by atoms with Gasteiger partial charge in [0.05, 0.1) is 5.69 Å². The molecule has 0 bridgehead atoms. The molecule has 4 heteroatoms. The second-order valence-corrected chi connectivity index (χ2v) is 5.40. The summed E-state index contributed by atoms with van der Waals surface area (Å²) in [5.74, 6) is 0. The summed E-state index contributed by atoms with van der Waals surface area (Å²) < 4.78 is 0. The summed E-state index contributed by atoms with van der Waals surface area (Å²) in [7, 11) is 2.06. The van der Waals surface area contributed by atoms with Crippen LogP contribution in [0.15, 0.2) is 42.6 Å². The lowest BCUT2D eigenvalue weighted by atomic mass is 10.0. The number of aromatic nitrogens is 1. The fourth-order valence-corrected chi connectivity index (χ4v) is 2.43. The Balaban J connectivity index is 2.16. The number of hydrogen-bond donors (Lipinski definition) is 1. The highest BCUT2D eigenvalue weighted by molar-refractivity contribution is 6.31. The largest absolute Gasteiger partial charge is 0.329 e. The second-order valence-electron chi connectivity index (χ2n) is 5.00. The van der Waals surface area contributed by atoms with Crippen molar-refractivity contribution in [2.45, 2.75) is 19.5 Å². The molecule has 0 amide bonds. The number of hydrogen-bond acceptors (Lipinski definition) is 3. The van der Waals surface area contributed by atoms with Crippen molar-refractivity contribution >= 4 is 11.6 Å². The zero-order chi connectivity index (χ0) is 14.5. The van der Waals surface area contributed by atoms with E-state index in [1.54, 1.807) is 0 Å². The first-order valence-corrected chi connectivity index (χ1v) is 7.06. The third-order valence-electron chi connectivity index (χ3n) is 3.47. The summed E-state index contributed by atoms with van der Waals surface area (Å²) in [4.78, 5) is 6.55. The van der Waals surface area contributed by atoms with Crippen molar-refractivity contribution in [3.05, 3.63) is 64.4 Å². The number of likely N-dealkylation sites (N-methyl/N-ethyl adjacent to an activating group) is 1. The van der Waals surface area contributed by atoms with Gasteiger partial charge in [-0.3, -0.25) is 9.88 Å². The van der Waals surface area contributed by atoms with Crippen molar-refractivity contribution in [3.8, 4) is 0 Å². The molecule has 2 N–H and O–H groups in total. The molecule has 1 aromatic carbocycles. The van der Waals surface area contributed by atoms with Gasteiger partial charge in [-0.2, -0.15) is 0 Å². The van der Waals surface area contributed by atoms with E-state index in [9.17, 15) is 0 Å². The van der Waals surface area contributed by atoms with Gasteiger partial charge in [0.15, 0.2) is 0 Å².